The van der Waals surface area contributed by atoms with E-state index in [9.17, 15) is 10.1 Å². The maximum atomic E-state index is 9.60. The van der Waals surface area contributed by atoms with Crippen LogP contribution in [0.25, 0.3) is 0 Å². The zero-order valence-electron chi connectivity index (χ0n) is 18.0. The molecule has 30 heavy (non-hydrogen) atoms. The highest BCUT2D eigenvalue weighted by atomic mass is 32.2. The molecule has 0 radical (unpaired) electrons. The van der Waals surface area contributed by atoms with E-state index in [-0.39, 0.29) is 5.60 Å². The Morgan fingerprint density at radius 1 is 1.17 bits per heavy atom. The van der Waals surface area contributed by atoms with Crippen LogP contribution >= 0.6 is 11.8 Å². The fraction of sp³-hybridized carbons (Fsp3) is 0.391. The van der Waals surface area contributed by atoms with E-state index in [0.29, 0.717) is 12.0 Å². The Balaban J connectivity index is 0.000000396. The number of nitriles is 1. The third-order valence-corrected chi connectivity index (χ3v) is 5.25. The van der Waals surface area contributed by atoms with Gasteiger partial charge in [-0.05, 0) is 57.2 Å². The summed E-state index contributed by atoms with van der Waals surface area (Å²) < 4.78 is 9.85. The molecule has 0 aliphatic carbocycles. The summed E-state index contributed by atoms with van der Waals surface area (Å²) in [6.07, 6.45) is 0. The topological polar surface area (TPSA) is 74.6 Å². The monoisotopic (exact) mass is 427 g/mol. The second-order valence-corrected chi connectivity index (χ2v) is 8.75. The number of benzene rings is 2. The van der Waals surface area contributed by atoms with Crippen LogP contribution in [0.15, 0.2) is 52.3 Å². The molecule has 3 rings (SSSR count). The van der Waals surface area contributed by atoms with Gasteiger partial charge in [-0.2, -0.15) is 5.26 Å². The van der Waals surface area contributed by atoms with Crippen molar-refractivity contribution < 1.29 is 14.3 Å². The van der Waals surface area contributed by atoms with Crippen molar-refractivity contribution >= 4 is 23.9 Å². The number of anilines is 1. The summed E-state index contributed by atoms with van der Waals surface area (Å²) in [4.78, 5) is 14.2. The average molecular weight is 428 g/mol. The van der Waals surface area contributed by atoms with Gasteiger partial charge in [0.05, 0.1) is 24.4 Å². The highest BCUT2D eigenvalue weighted by molar-refractivity contribution is 7.99. The first-order valence-corrected chi connectivity index (χ1v) is 10.6. The minimum absolute atomic E-state index is 0.318. The molecule has 2 aromatic rings. The summed E-state index contributed by atoms with van der Waals surface area (Å²) >= 11 is 1.67. The van der Waals surface area contributed by atoms with E-state index in [1.807, 2.05) is 51.1 Å². The quantitative estimate of drug-likeness (QED) is 0.721. The van der Waals surface area contributed by atoms with Crippen LogP contribution in [0.3, 0.4) is 0 Å². The van der Waals surface area contributed by atoms with Gasteiger partial charge in [0, 0.05) is 36.0 Å². The van der Waals surface area contributed by atoms with Gasteiger partial charge in [-0.25, -0.2) is 0 Å². The molecule has 6 nitrogen and oxygen atoms in total. The van der Waals surface area contributed by atoms with Crippen molar-refractivity contribution in [2.75, 3.05) is 38.2 Å². The molecule has 0 spiro atoms. The van der Waals surface area contributed by atoms with Gasteiger partial charge in [0.1, 0.15) is 11.4 Å². The van der Waals surface area contributed by atoms with E-state index in [0.717, 1.165) is 41.7 Å². The van der Waals surface area contributed by atoms with Crippen molar-refractivity contribution in [2.24, 2.45) is 0 Å². The molecule has 1 saturated heterocycles. The predicted molar refractivity (Wildman–Crippen MR) is 120 cm³/mol. The second-order valence-electron chi connectivity index (χ2n) is 7.64. The van der Waals surface area contributed by atoms with Crippen molar-refractivity contribution in [3.05, 3.63) is 48.0 Å². The molecule has 0 bridgehead atoms. The number of ether oxygens (including phenoxy) is 2. The molecular weight excluding hydrogens is 398 g/mol. The number of rotatable bonds is 5. The van der Waals surface area contributed by atoms with Crippen molar-refractivity contribution in [3.8, 4) is 11.8 Å². The van der Waals surface area contributed by atoms with E-state index in [2.05, 4.69) is 33.2 Å². The zero-order chi connectivity index (χ0) is 22.0. The van der Waals surface area contributed by atoms with Gasteiger partial charge >= 0.3 is 0 Å². The molecule has 1 heterocycles. The Labute approximate surface area is 183 Å². The zero-order valence-corrected chi connectivity index (χ0v) is 18.8. The van der Waals surface area contributed by atoms with Gasteiger partial charge in [0.25, 0.3) is 6.47 Å². The second kappa shape index (κ2) is 11.5. The maximum absolute atomic E-state index is 9.60. The van der Waals surface area contributed by atoms with Crippen LogP contribution in [0.4, 0.5) is 5.69 Å². The Morgan fingerprint density at radius 2 is 1.90 bits per heavy atom. The third kappa shape index (κ3) is 7.62. The largest absolute Gasteiger partial charge is 0.497 e. The summed E-state index contributed by atoms with van der Waals surface area (Å²) in [6.45, 7) is 9.87. The molecule has 1 fully saturated rings. The lowest BCUT2D eigenvalue weighted by molar-refractivity contribution is -0.138. The minimum Gasteiger partial charge on any atom is -0.497 e. The number of nitrogens with zero attached hydrogens (tertiary/aromatic N) is 2. The van der Waals surface area contributed by atoms with Crippen LogP contribution in [-0.2, 0) is 9.53 Å². The van der Waals surface area contributed by atoms with Crippen LogP contribution in [0.1, 0.15) is 26.3 Å². The lowest BCUT2D eigenvalue weighted by atomic mass is 10.2. The van der Waals surface area contributed by atoms with Crippen LogP contribution in [0.5, 0.6) is 5.75 Å². The van der Waals surface area contributed by atoms with Crippen LogP contribution < -0.4 is 15.0 Å². The Bertz CT molecular complexity index is 869. The van der Waals surface area contributed by atoms with Gasteiger partial charge in [-0.15, -0.1) is 0 Å². The summed E-state index contributed by atoms with van der Waals surface area (Å²) in [5, 5.41) is 12.6. The van der Waals surface area contributed by atoms with Crippen LogP contribution in [0, 0.1) is 11.3 Å². The minimum atomic E-state index is -0.318. The SMILES string of the molecule is CC(C)(C)OC=O.COc1cccc(Sc2cc(C#N)ccc2N2CCNCC2)c1. The normalized spacial score (nSPS) is 13.5. The summed E-state index contributed by atoms with van der Waals surface area (Å²) in [7, 11) is 1.67. The Hall–Kier alpha value is -2.69. The molecule has 160 valence electrons. The third-order valence-electron chi connectivity index (χ3n) is 4.22. The lowest BCUT2D eigenvalue weighted by Crippen LogP contribution is -2.43. The van der Waals surface area contributed by atoms with Crippen molar-refractivity contribution in [3.63, 3.8) is 0 Å². The molecule has 1 aliphatic heterocycles. The van der Waals surface area contributed by atoms with E-state index in [1.54, 1.807) is 18.9 Å². The smallest absolute Gasteiger partial charge is 0.293 e. The molecule has 0 aromatic heterocycles. The molecule has 1 N–H and O–H groups in total. The number of hydrogen-bond acceptors (Lipinski definition) is 7. The first-order valence-electron chi connectivity index (χ1n) is 9.79. The van der Waals surface area contributed by atoms with Gasteiger partial charge < -0.3 is 19.7 Å². The van der Waals surface area contributed by atoms with Crippen LogP contribution in [0.2, 0.25) is 0 Å². The summed E-state index contributed by atoms with van der Waals surface area (Å²) in [5.41, 5.74) is 1.56. The number of hydrogen-bond donors (Lipinski definition) is 1. The van der Waals surface area contributed by atoms with Gasteiger partial charge in [-0.3, -0.25) is 4.79 Å². The van der Waals surface area contributed by atoms with Crippen molar-refractivity contribution in [1.82, 2.24) is 5.32 Å². The average Bonchev–Trinajstić information content (AvgIpc) is 2.74. The van der Waals surface area contributed by atoms with Crippen molar-refractivity contribution in [1.29, 1.82) is 5.26 Å². The van der Waals surface area contributed by atoms with E-state index in [1.165, 1.54) is 5.69 Å². The van der Waals surface area contributed by atoms with E-state index in [4.69, 9.17) is 4.74 Å². The first-order chi connectivity index (χ1) is 14.4. The molecule has 7 heteroatoms. The molecule has 0 amide bonds. The van der Waals surface area contributed by atoms with E-state index < -0.39 is 0 Å². The standard InChI is InChI=1S/C18H19N3OS.C5H10O2/c1-22-15-3-2-4-16(12-15)23-18-11-14(13-19)5-6-17(18)21-9-7-20-8-10-21;1-5(2,3)7-4-6/h2-6,11-12,20H,7-10H2,1H3;4H,1-3H3. The summed E-state index contributed by atoms with van der Waals surface area (Å²) in [5.74, 6) is 0.843. The molecule has 0 saturated carbocycles. The lowest BCUT2D eigenvalue weighted by Gasteiger charge is -2.31. The number of carbonyl (C=O) groups is 1. The van der Waals surface area contributed by atoms with Gasteiger partial charge in [0.15, 0.2) is 0 Å². The maximum Gasteiger partial charge on any atom is 0.293 e. The molecular formula is C23H29N3O3S. The number of piperazine rings is 1. The van der Waals surface area contributed by atoms with Gasteiger partial charge in [0.2, 0.25) is 0 Å². The van der Waals surface area contributed by atoms with Crippen LogP contribution in [-0.4, -0.2) is 45.4 Å². The predicted octanol–water partition coefficient (Wildman–Crippen LogP) is 4.09. The molecule has 0 atom stereocenters. The highest BCUT2D eigenvalue weighted by Crippen LogP contribution is 2.37. The number of carbonyl (C=O) groups excluding carboxylic acids is 1. The fourth-order valence-electron chi connectivity index (χ4n) is 2.77. The molecule has 2 aromatic carbocycles. The Kier molecular flexibility index (Phi) is 9.03. The number of methoxy groups -OCH3 is 1. The van der Waals surface area contributed by atoms with Gasteiger partial charge in [-0.1, -0.05) is 17.8 Å². The molecule has 0 unspecified atom stereocenters. The Morgan fingerprint density at radius 3 is 2.47 bits per heavy atom. The summed E-state index contributed by atoms with van der Waals surface area (Å²) in [6, 6.07) is 16.2. The molecule has 1 aliphatic rings. The highest BCUT2D eigenvalue weighted by Gasteiger charge is 2.16. The fourth-order valence-corrected chi connectivity index (χ4v) is 3.83. The van der Waals surface area contributed by atoms with Crippen molar-refractivity contribution in [2.45, 2.75) is 36.2 Å². The van der Waals surface area contributed by atoms with E-state index >= 15 is 0 Å². The first kappa shape index (κ1) is 23.6. The number of nitrogens with one attached hydrogen (secondary N) is 1.